The van der Waals surface area contributed by atoms with E-state index in [-0.39, 0.29) is 11.5 Å². The first-order valence-corrected chi connectivity index (χ1v) is 22.8. The minimum Gasteiger partial charge on any atom is -0.417 e. The fraction of sp³-hybridized carbons (Fsp3) is 0.722. The van der Waals surface area contributed by atoms with Crippen molar-refractivity contribution in [2.24, 2.45) is 0 Å². The van der Waals surface area contributed by atoms with Gasteiger partial charge in [-0.15, -0.1) is 0 Å². The number of anilines is 1. The summed E-state index contributed by atoms with van der Waals surface area (Å²) in [7, 11) is -8.67. The normalized spacial score (nSPS) is 13.2. The van der Waals surface area contributed by atoms with Gasteiger partial charge in [0.25, 0.3) is 5.56 Å². The molecule has 0 fully saturated rings. The molecule has 1 aromatic rings. The van der Waals surface area contributed by atoms with Crippen LogP contribution in [0.25, 0.3) is 0 Å². The van der Waals surface area contributed by atoms with Crippen LogP contribution >= 0.6 is 0 Å². The van der Waals surface area contributed by atoms with Crippen LogP contribution in [-0.2, 0) is 12.3 Å². The Labute approximate surface area is 190 Å². The van der Waals surface area contributed by atoms with Gasteiger partial charge in [-0.1, -0.05) is 0 Å². The summed E-state index contributed by atoms with van der Waals surface area (Å²) in [6, 6.07) is 1.58. The topological polar surface area (TPSA) is 115 Å². The number of aryl methyl sites for hydroxylation is 1. The molecule has 0 aliphatic carbocycles. The quantitative estimate of drug-likeness (QED) is 0.309. The number of hydrogen-bond acceptors (Lipinski definition) is 6. The number of rotatable bonds is 11. The van der Waals surface area contributed by atoms with Crippen molar-refractivity contribution >= 4 is 45.7 Å². The van der Waals surface area contributed by atoms with Crippen LogP contribution in [0.15, 0.2) is 10.9 Å². The Bertz CT molecular complexity index is 759. The van der Waals surface area contributed by atoms with Gasteiger partial charge in [-0.2, -0.15) is 0 Å². The van der Waals surface area contributed by atoms with E-state index in [0.717, 1.165) is 0 Å². The molecule has 1 rings (SSSR count). The predicted octanol–water partition coefficient (Wildman–Crippen LogP) is 4.08. The maximum Gasteiger partial charge on any atom is 0.469 e. The Morgan fingerprint density at radius 2 is 1.45 bits per heavy atom. The molecule has 178 valence electrons. The smallest absolute Gasteiger partial charge is 0.417 e. The largest absolute Gasteiger partial charge is 0.469 e. The lowest BCUT2D eigenvalue weighted by Crippen LogP contribution is -2.60. The molecule has 0 aromatic carbocycles. The lowest BCUT2D eigenvalue weighted by molar-refractivity contribution is 0.245. The standard InChI is InChI=1S/C18H40N4O5Si4/c1-15-14-16(23)21-17(20-15)22-18(24)19-12-11-13-31(25-28(2,3)4,26-29(5,6)7)27-30(8,9)10/h14H,11-13H2,1-10H3,(H3,19,20,21,22,23,24). The molecule has 1 aromatic heterocycles. The number of aromatic amines is 1. The van der Waals surface area contributed by atoms with Crippen molar-refractivity contribution in [1.29, 1.82) is 0 Å². The van der Waals surface area contributed by atoms with Crippen molar-refractivity contribution in [1.82, 2.24) is 15.3 Å². The van der Waals surface area contributed by atoms with Crippen LogP contribution in [0.1, 0.15) is 12.1 Å². The number of hydrogen-bond donors (Lipinski definition) is 3. The fourth-order valence-electron chi connectivity index (χ4n) is 2.91. The summed E-state index contributed by atoms with van der Waals surface area (Å²) in [5.74, 6) is 0.123. The second kappa shape index (κ2) is 10.7. The van der Waals surface area contributed by atoms with Gasteiger partial charge < -0.3 is 17.7 Å². The van der Waals surface area contributed by atoms with Gasteiger partial charge in [0, 0.05) is 24.3 Å². The highest BCUT2D eigenvalue weighted by atomic mass is 28.5. The van der Waals surface area contributed by atoms with Gasteiger partial charge in [0.15, 0.2) is 25.0 Å². The molecule has 0 bridgehead atoms. The third kappa shape index (κ3) is 12.5. The first-order valence-electron chi connectivity index (χ1n) is 10.6. The third-order valence-corrected chi connectivity index (χ3v) is 15.5. The molecule has 0 aliphatic rings. The van der Waals surface area contributed by atoms with Crippen LogP contribution in [-0.4, -0.2) is 56.3 Å². The van der Waals surface area contributed by atoms with E-state index in [1.807, 2.05) is 0 Å². The lowest BCUT2D eigenvalue weighted by atomic mass is 10.4. The molecule has 9 nitrogen and oxygen atoms in total. The zero-order chi connectivity index (χ0) is 24.1. The second-order valence-electron chi connectivity index (χ2n) is 10.5. The molecule has 0 aliphatic heterocycles. The Morgan fingerprint density at radius 3 is 1.87 bits per heavy atom. The molecular weight excluding hydrogens is 465 g/mol. The average molecular weight is 505 g/mol. The summed E-state index contributed by atoms with van der Waals surface area (Å²) in [6.07, 6.45) is 0.664. The first kappa shape index (κ1) is 27.9. The molecule has 3 N–H and O–H groups in total. The summed E-state index contributed by atoms with van der Waals surface area (Å²) < 4.78 is 19.9. The van der Waals surface area contributed by atoms with Crippen molar-refractivity contribution < 1.29 is 17.1 Å². The van der Waals surface area contributed by atoms with Crippen LogP contribution in [0, 0.1) is 6.92 Å². The number of H-pyrrole nitrogens is 1. The highest BCUT2D eigenvalue weighted by molar-refractivity contribution is 6.90. The SMILES string of the molecule is Cc1cc(=O)[nH]c(NC(=O)NCCC[Si](O[Si](C)(C)C)(O[Si](C)(C)C)O[Si](C)(C)C)n1. The van der Waals surface area contributed by atoms with E-state index < -0.39 is 39.8 Å². The minimum atomic E-state index is -2.91. The van der Waals surface area contributed by atoms with Gasteiger partial charge in [0.2, 0.25) is 5.95 Å². The Hall–Kier alpha value is -1.10. The van der Waals surface area contributed by atoms with E-state index in [4.69, 9.17) is 12.3 Å². The van der Waals surface area contributed by atoms with E-state index in [9.17, 15) is 9.59 Å². The van der Waals surface area contributed by atoms with E-state index in [1.165, 1.54) is 6.07 Å². The Kier molecular flexibility index (Phi) is 9.62. The Balaban J connectivity index is 2.82. The zero-order valence-electron chi connectivity index (χ0n) is 20.7. The van der Waals surface area contributed by atoms with Crippen molar-refractivity contribution in [2.45, 2.75) is 78.3 Å². The van der Waals surface area contributed by atoms with Gasteiger partial charge in [-0.25, -0.2) is 9.78 Å². The average Bonchev–Trinajstić information content (AvgIpc) is 2.45. The summed E-state index contributed by atoms with van der Waals surface area (Å²) in [6.45, 7) is 21.5. The molecule has 0 saturated heterocycles. The van der Waals surface area contributed by atoms with Gasteiger partial charge in [0.1, 0.15) is 0 Å². The zero-order valence-corrected chi connectivity index (χ0v) is 24.7. The van der Waals surface area contributed by atoms with E-state index in [0.29, 0.717) is 24.7 Å². The number of urea groups is 1. The van der Waals surface area contributed by atoms with Gasteiger partial charge in [-0.05, 0) is 72.3 Å². The maximum absolute atomic E-state index is 12.2. The van der Waals surface area contributed by atoms with Crippen LogP contribution < -0.4 is 16.2 Å². The molecule has 0 saturated carbocycles. The van der Waals surface area contributed by atoms with Crippen LogP contribution in [0.4, 0.5) is 10.7 Å². The molecule has 1 heterocycles. The lowest BCUT2D eigenvalue weighted by Gasteiger charge is -2.43. The number of nitrogens with zero attached hydrogens (tertiary/aromatic N) is 1. The third-order valence-electron chi connectivity index (χ3n) is 3.43. The van der Waals surface area contributed by atoms with Crippen molar-refractivity contribution in [3.8, 4) is 0 Å². The van der Waals surface area contributed by atoms with Gasteiger partial charge in [-0.3, -0.25) is 15.1 Å². The summed E-state index contributed by atoms with van der Waals surface area (Å²) in [5, 5.41) is 5.37. The van der Waals surface area contributed by atoms with E-state index in [1.54, 1.807) is 6.92 Å². The Morgan fingerprint density at radius 1 is 0.968 bits per heavy atom. The minimum absolute atomic E-state index is 0.123. The van der Waals surface area contributed by atoms with Crippen LogP contribution in [0.3, 0.4) is 0 Å². The number of aromatic nitrogens is 2. The number of carbonyl (C=O) groups is 1. The van der Waals surface area contributed by atoms with Crippen LogP contribution in [0.2, 0.25) is 65.0 Å². The number of amides is 2. The molecule has 0 spiro atoms. The van der Waals surface area contributed by atoms with Crippen LogP contribution in [0.5, 0.6) is 0 Å². The van der Waals surface area contributed by atoms with E-state index >= 15 is 0 Å². The molecule has 0 radical (unpaired) electrons. The van der Waals surface area contributed by atoms with Crippen molar-refractivity contribution in [3.63, 3.8) is 0 Å². The highest BCUT2D eigenvalue weighted by Gasteiger charge is 2.49. The summed E-state index contributed by atoms with van der Waals surface area (Å²) in [5.41, 5.74) is 0.222. The number of nitrogens with one attached hydrogen (secondary N) is 3. The molecule has 0 unspecified atom stereocenters. The number of carbonyl (C=O) groups excluding carboxylic acids is 1. The maximum atomic E-state index is 12.2. The molecule has 31 heavy (non-hydrogen) atoms. The molecular formula is C18H40N4O5Si4. The molecule has 2 amide bonds. The fourth-order valence-corrected chi connectivity index (χ4v) is 17.6. The van der Waals surface area contributed by atoms with Crippen molar-refractivity contribution in [2.75, 3.05) is 11.9 Å². The van der Waals surface area contributed by atoms with Gasteiger partial charge in [0.05, 0.1) is 0 Å². The first-order chi connectivity index (χ1) is 13.9. The molecule has 13 heteroatoms. The second-order valence-corrected chi connectivity index (χ2v) is 27.5. The predicted molar refractivity (Wildman–Crippen MR) is 135 cm³/mol. The van der Waals surface area contributed by atoms with Gasteiger partial charge >= 0.3 is 14.8 Å². The van der Waals surface area contributed by atoms with Crippen molar-refractivity contribution in [3.05, 3.63) is 22.1 Å². The summed E-state index contributed by atoms with van der Waals surface area (Å²) >= 11 is 0. The molecule has 0 atom stereocenters. The monoisotopic (exact) mass is 504 g/mol. The summed E-state index contributed by atoms with van der Waals surface area (Å²) in [4.78, 5) is 30.3. The van der Waals surface area contributed by atoms with E-state index in [2.05, 4.69) is 79.5 Å². The highest BCUT2D eigenvalue weighted by Crippen LogP contribution is 2.29.